The zero-order valence-corrected chi connectivity index (χ0v) is 12.2. The molecule has 0 saturated carbocycles. The van der Waals surface area contributed by atoms with Gasteiger partial charge in [-0.05, 0) is 25.0 Å². The summed E-state index contributed by atoms with van der Waals surface area (Å²) < 4.78 is 1.42. The monoisotopic (exact) mass is 287 g/mol. The Bertz CT molecular complexity index is 678. The molecule has 0 radical (unpaired) electrons. The van der Waals surface area contributed by atoms with Gasteiger partial charge in [-0.3, -0.25) is 14.7 Å². The smallest absolute Gasteiger partial charge is 0.274 e. The number of carbonyl (C=O) groups excluding carboxylic acids is 1. The molecule has 1 aliphatic rings. The third-order valence-electron chi connectivity index (χ3n) is 4.16. The number of hydrogen-bond donors (Lipinski definition) is 1. The lowest BCUT2D eigenvalue weighted by Crippen LogP contribution is -2.38. The van der Waals surface area contributed by atoms with Gasteiger partial charge < -0.3 is 4.90 Å². The first kappa shape index (κ1) is 13.9. The SMILES string of the molecule is O=C(Cn1[nH]c2ccccc2c1=O)N1CCCCCCC1. The highest BCUT2D eigenvalue weighted by atomic mass is 16.2. The summed E-state index contributed by atoms with van der Waals surface area (Å²) in [7, 11) is 0. The lowest BCUT2D eigenvalue weighted by Gasteiger charge is -2.24. The van der Waals surface area contributed by atoms with Crippen LogP contribution in [0.4, 0.5) is 0 Å². The first-order chi connectivity index (χ1) is 10.3. The van der Waals surface area contributed by atoms with Gasteiger partial charge in [0, 0.05) is 13.1 Å². The van der Waals surface area contributed by atoms with E-state index in [1.54, 1.807) is 6.07 Å². The number of hydrogen-bond acceptors (Lipinski definition) is 2. The number of rotatable bonds is 2. The number of benzene rings is 1. The molecular weight excluding hydrogens is 266 g/mol. The van der Waals surface area contributed by atoms with E-state index in [0.717, 1.165) is 31.4 Å². The average Bonchev–Trinajstić information content (AvgIpc) is 2.75. The minimum absolute atomic E-state index is 0.0329. The first-order valence-corrected chi connectivity index (χ1v) is 7.71. The minimum Gasteiger partial charge on any atom is -0.341 e. The Hall–Kier alpha value is -2.04. The Morgan fingerprint density at radius 1 is 1.05 bits per heavy atom. The van der Waals surface area contributed by atoms with Gasteiger partial charge in [-0.1, -0.05) is 31.4 Å². The van der Waals surface area contributed by atoms with Crippen molar-refractivity contribution in [3.05, 3.63) is 34.6 Å². The van der Waals surface area contributed by atoms with Crippen LogP contribution in [0, 0.1) is 0 Å². The van der Waals surface area contributed by atoms with Gasteiger partial charge in [0.2, 0.25) is 5.91 Å². The van der Waals surface area contributed by atoms with Gasteiger partial charge in [0.05, 0.1) is 10.9 Å². The molecule has 1 aromatic carbocycles. The molecule has 5 nitrogen and oxygen atoms in total. The number of nitrogens with one attached hydrogen (secondary N) is 1. The number of fused-ring (bicyclic) bond motifs is 1. The van der Waals surface area contributed by atoms with E-state index in [2.05, 4.69) is 5.10 Å². The molecule has 1 aromatic heterocycles. The number of aromatic nitrogens is 2. The fourth-order valence-electron chi connectivity index (χ4n) is 2.95. The maximum atomic E-state index is 12.4. The molecule has 1 amide bonds. The molecule has 0 atom stereocenters. The van der Waals surface area contributed by atoms with E-state index in [-0.39, 0.29) is 18.0 Å². The van der Waals surface area contributed by atoms with E-state index in [4.69, 9.17) is 0 Å². The van der Waals surface area contributed by atoms with Crippen molar-refractivity contribution in [3.63, 3.8) is 0 Å². The standard InChI is InChI=1S/C16H21N3O2/c20-15(18-10-6-2-1-3-7-11-18)12-19-16(21)13-8-4-5-9-14(13)17-19/h4-5,8-9,17H,1-3,6-7,10-12H2. The van der Waals surface area contributed by atoms with Crippen molar-refractivity contribution >= 4 is 16.8 Å². The van der Waals surface area contributed by atoms with Crippen molar-refractivity contribution in [2.45, 2.75) is 38.6 Å². The fraction of sp³-hybridized carbons (Fsp3) is 0.500. The highest BCUT2D eigenvalue weighted by Crippen LogP contribution is 2.11. The Morgan fingerprint density at radius 3 is 2.43 bits per heavy atom. The summed E-state index contributed by atoms with van der Waals surface area (Å²) in [6, 6.07) is 7.35. The molecule has 2 heterocycles. The van der Waals surface area contributed by atoms with Gasteiger partial charge in [0.15, 0.2) is 0 Å². The lowest BCUT2D eigenvalue weighted by atomic mass is 10.1. The van der Waals surface area contributed by atoms with Gasteiger partial charge in [0.25, 0.3) is 5.56 Å². The summed E-state index contributed by atoms with van der Waals surface area (Å²) in [4.78, 5) is 26.5. The quantitative estimate of drug-likeness (QED) is 0.920. The van der Waals surface area contributed by atoms with E-state index < -0.39 is 0 Å². The Labute approximate surface area is 123 Å². The molecule has 0 unspecified atom stereocenters. The van der Waals surface area contributed by atoms with Crippen molar-refractivity contribution in [2.24, 2.45) is 0 Å². The van der Waals surface area contributed by atoms with Gasteiger partial charge in [-0.15, -0.1) is 0 Å². The van der Waals surface area contributed by atoms with Crippen molar-refractivity contribution < 1.29 is 4.79 Å². The van der Waals surface area contributed by atoms with E-state index >= 15 is 0 Å². The first-order valence-electron chi connectivity index (χ1n) is 7.71. The molecular formula is C16H21N3O2. The second kappa shape index (κ2) is 6.16. The Morgan fingerprint density at radius 2 is 1.71 bits per heavy atom. The molecule has 112 valence electrons. The Balaban J connectivity index is 1.76. The van der Waals surface area contributed by atoms with Crippen molar-refractivity contribution in [1.29, 1.82) is 0 Å². The van der Waals surface area contributed by atoms with Gasteiger partial charge >= 0.3 is 0 Å². The summed E-state index contributed by atoms with van der Waals surface area (Å²) in [5, 5.41) is 3.66. The predicted molar refractivity (Wildman–Crippen MR) is 82.2 cm³/mol. The fourth-order valence-corrected chi connectivity index (χ4v) is 2.95. The topological polar surface area (TPSA) is 58.1 Å². The molecule has 1 saturated heterocycles. The zero-order chi connectivity index (χ0) is 14.7. The summed E-state index contributed by atoms with van der Waals surface area (Å²) in [5.74, 6) is 0.0329. The predicted octanol–water partition coefficient (Wildman–Crippen LogP) is 2.12. The maximum Gasteiger partial charge on any atom is 0.274 e. The number of nitrogens with zero attached hydrogens (tertiary/aromatic N) is 2. The highest BCUT2D eigenvalue weighted by Gasteiger charge is 2.17. The molecule has 1 fully saturated rings. The van der Waals surface area contributed by atoms with Crippen molar-refractivity contribution in [1.82, 2.24) is 14.7 Å². The molecule has 2 aromatic rings. The molecule has 1 N–H and O–H groups in total. The van der Waals surface area contributed by atoms with Crippen LogP contribution in [0.3, 0.4) is 0 Å². The zero-order valence-electron chi connectivity index (χ0n) is 12.2. The number of carbonyl (C=O) groups is 1. The third-order valence-corrected chi connectivity index (χ3v) is 4.16. The molecule has 21 heavy (non-hydrogen) atoms. The summed E-state index contributed by atoms with van der Waals surface area (Å²) >= 11 is 0. The second-order valence-electron chi connectivity index (χ2n) is 5.70. The second-order valence-corrected chi connectivity index (χ2v) is 5.70. The molecule has 0 spiro atoms. The molecule has 3 rings (SSSR count). The number of para-hydroxylation sites is 1. The van der Waals surface area contributed by atoms with Crippen molar-refractivity contribution in [3.8, 4) is 0 Å². The van der Waals surface area contributed by atoms with Crippen LogP contribution in [-0.2, 0) is 11.3 Å². The third kappa shape index (κ3) is 3.01. The van der Waals surface area contributed by atoms with Crippen LogP contribution in [0.25, 0.3) is 10.9 Å². The van der Waals surface area contributed by atoms with Crippen LogP contribution in [0.15, 0.2) is 29.1 Å². The summed E-state index contributed by atoms with van der Waals surface area (Å²) in [6.45, 7) is 1.73. The van der Waals surface area contributed by atoms with E-state index in [0.29, 0.717) is 5.39 Å². The normalized spacial score (nSPS) is 16.7. The lowest BCUT2D eigenvalue weighted by molar-refractivity contribution is -0.132. The van der Waals surface area contributed by atoms with E-state index in [9.17, 15) is 9.59 Å². The van der Waals surface area contributed by atoms with Crippen LogP contribution in [0.2, 0.25) is 0 Å². The van der Waals surface area contributed by atoms with Gasteiger partial charge in [-0.25, -0.2) is 4.68 Å². The number of H-pyrrole nitrogens is 1. The molecule has 5 heteroatoms. The van der Waals surface area contributed by atoms with E-state index in [1.165, 1.54) is 23.9 Å². The van der Waals surface area contributed by atoms with Crippen LogP contribution in [-0.4, -0.2) is 33.7 Å². The highest BCUT2D eigenvalue weighted by molar-refractivity contribution is 5.79. The number of likely N-dealkylation sites (tertiary alicyclic amines) is 1. The summed E-state index contributed by atoms with van der Waals surface area (Å²) in [6.07, 6.45) is 5.77. The van der Waals surface area contributed by atoms with Crippen LogP contribution in [0.1, 0.15) is 32.1 Å². The molecule has 0 bridgehead atoms. The molecule has 1 aliphatic heterocycles. The van der Waals surface area contributed by atoms with Crippen LogP contribution >= 0.6 is 0 Å². The van der Waals surface area contributed by atoms with E-state index in [1.807, 2.05) is 23.1 Å². The maximum absolute atomic E-state index is 12.4. The summed E-state index contributed by atoms with van der Waals surface area (Å²) in [5.41, 5.74) is 0.661. The largest absolute Gasteiger partial charge is 0.341 e. The number of amides is 1. The Kier molecular flexibility index (Phi) is 4.08. The average molecular weight is 287 g/mol. The minimum atomic E-state index is -0.119. The van der Waals surface area contributed by atoms with Gasteiger partial charge in [0.1, 0.15) is 6.54 Å². The number of aromatic amines is 1. The van der Waals surface area contributed by atoms with Crippen molar-refractivity contribution in [2.75, 3.05) is 13.1 Å². The van der Waals surface area contributed by atoms with Crippen LogP contribution < -0.4 is 5.56 Å². The van der Waals surface area contributed by atoms with Gasteiger partial charge in [-0.2, -0.15) is 0 Å². The van der Waals surface area contributed by atoms with Crippen LogP contribution in [0.5, 0.6) is 0 Å². The molecule has 0 aliphatic carbocycles.